The van der Waals surface area contributed by atoms with Crippen LogP contribution >= 0.6 is 12.4 Å². The first-order valence-corrected chi connectivity index (χ1v) is 9.86. The van der Waals surface area contributed by atoms with E-state index in [1.807, 2.05) is 0 Å². The number of hydrogen-bond donors (Lipinski definition) is 2. The van der Waals surface area contributed by atoms with Gasteiger partial charge in [0, 0.05) is 6.04 Å². The molecule has 2 atom stereocenters. The van der Waals surface area contributed by atoms with Crippen molar-refractivity contribution in [2.75, 3.05) is 13.2 Å². The zero-order valence-electron chi connectivity index (χ0n) is 14.4. The van der Waals surface area contributed by atoms with Gasteiger partial charge in [0.1, 0.15) is 5.75 Å². The molecule has 24 heavy (non-hydrogen) atoms. The van der Waals surface area contributed by atoms with E-state index in [9.17, 15) is 8.42 Å². The lowest BCUT2D eigenvalue weighted by Crippen LogP contribution is -2.39. The van der Waals surface area contributed by atoms with Gasteiger partial charge in [0.05, 0.1) is 11.5 Å². The van der Waals surface area contributed by atoms with E-state index in [1.165, 1.54) is 0 Å². The zero-order valence-corrected chi connectivity index (χ0v) is 16.0. The van der Waals surface area contributed by atoms with Crippen LogP contribution in [0.4, 0.5) is 0 Å². The van der Waals surface area contributed by atoms with Crippen LogP contribution in [-0.4, -0.2) is 27.6 Å². The van der Waals surface area contributed by atoms with Crippen molar-refractivity contribution >= 4 is 22.4 Å². The number of nitrogens with one attached hydrogen (secondary N) is 1. The molecule has 0 heterocycles. The van der Waals surface area contributed by atoms with Crippen LogP contribution < -0.4 is 15.2 Å². The lowest BCUT2D eigenvalue weighted by Gasteiger charge is -2.19. The van der Waals surface area contributed by atoms with Gasteiger partial charge < -0.3 is 10.5 Å². The molecule has 1 aliphatic rings. The summed E-state index contributed by atoms with van der Waals surface area (Å²) in [6.45, 7) is 5.45. The maximum atomic E-state index is 12.5. The van der Waals surface area contributed by atoms with Gasteiger partial charge in [-0.15, -0.1) is 12.4 Å². The SMILES string of the molecule is CC(C)CCOc1ccc(S(=O)(=O)NC2CCCC2CN)cc1.Cl. The Balaban J connectivity index is 0.00000288. The Labute approximate surface area is 151 Å². The highest BCUT2D eigenvalue weighted by Gasteiger charge is 2.30. The molecule has 0 aliphatic heterocycles. The van der Waals surface area contributed by atoms with Gasteiger partial charge in [0.25, 0.3) is 0 Å². The fourth-order valence-corrected chi connectivity index (χ4v) is 4.21. The van der Waals surface area contributed by atoms with Gasteiger partial charge in [-0.2, -0.15) is 0 Å². The highest BCUT2D eigenvalue weighted by Crippen LogP contribution is 2.26. The summed E-state index contributed by atoms with van der Waals surface area (Å²) in [6.07, 6.45) is 3.85. The van der Waals surface area contributed by atoms with E-state index in [0.717, 1.165) is 25.7 Å². The minimum Gasteiger partial charge on any atom is -0.494 e. The molecule has 1 aromatic rings. The van der Waals surface area contributed by atoms with Gasteiger partial charge in [-0.25, -0.2) is 13.1 Å². The smallest absolute Gasteiger partial charge is 0.240 e. The Morgan fingerprint density at radius 1 is 1.25 bits per heavy atom. The van der Waals surface area contributed by atoms with Crippen molar-refractivity contribution in [3.8, 4) is 5.75 Å². The summed E-state index contributed by atoms with van der Waals surface area (Å²) in [5, 5.41) is 0. The van der Waals surface area contributed by atoms with Crippen LogP contribution in [0.2, 0.25) is 0 Å². The van der Waals surface area contributed by atoms with Crippen LogP contribution in [0.5, 0.6) is 5.75 Å². The third kappa shape index (κ3) is 5.92. The summed E-state index contributed by atoms with van der Waals surface area (Å²) >= 11 is 0. The molecule has 2 unspecified atom stereocenters. The van der Waals surface area contributed by atoms with Crippen molar-refractivity contribution in [2.24, 2.45) is 17.6 Å². The average molecular weight is 377 g/mol. The molecule has 3 N–H and O–H groups in total. The van der Waals surface area contributed by atoms with E-state index in [0.29, 0.717) is 24.8 Å². The second-order valence-corrected chi connectivity index (χ2v) is 8.37. The van der Waals surface area contributed by atoms with Crippen molar-refractivity contribution in [3.05, 3.63) is 24.3 Å². The Kier molecular flexibility index (Phi) is 8.50. The molecule has 0 amide bonds. The minimum absolute atomic E-state index is 0. The number of halogens is 1. The molecule has 0 spiro atoms. The van der Waals surface area contributed by atoms with Gasteiger partial charge in [-0.1, -0.05) is 20.3 Å². The summed E-state index contributed by atoms with van der Waals surface area (Å²) in [5.74, 6) is 1.52. The number of rotatable bonds is 8. The molecule has 1 aliphatic carbocycles. The quantitative estimate of drug-likeness (QED) is 0.730. The second kappa shape index (κ2) is 9.61. The molecule has 7 heteroatoms. The normalized spacial score (nSPS) is 20.8. The van der Waals surface area contributed by atoms with Crippen LogP contribution in [0, 0.1) is 11.8 Å². The van der Waals surface area contributed by atoms with Crippen LogP contribution in [0.1, 0.15) is 39.5 Å². The maximum Gasteiger partial charge on any atom is 0.240 e. The lowest BCUT2D eigenvalue weighted by molar-refractivity contribution is 0.289. The molecule has 1 saturated carbocycles. The molecular weight excluding hydrogens is 348 g/mol. The zero-order chi connectivity index (χ0) is 16.9. The molecule has 0 radical (unpaired) electrons. The van der Waals surface area contributed by atoms with Gasteiger partial charge in [-0.3, -0.25) is 0 Å². The molecule has 1 fully saturated rings. The highest BCUT2D eigenvalue weighted by molar-refractivity contribution is 7.89. The van der Waals surface area contributed by atoms with Crippen LogP contribution in [0.3, 0.4) is 0 Å². The summed E-state index contributed by atoms with van der Waals surface area (Å²) in [7, 11) is -3.50. The van der Waals surface area contributed by atoms with E-state index < -0.39 is 10.0 Å². The monoisotopic (exact) mass is 376 g/mol. The van der Waals surface area contributed by atoms with E-state index >= 15 is 0 Å². The topological polar surface area (TPSA) is 81.4 Å². The Morgan fingerprint density at radius 2 is 1.92 bits per heavy atom. The van der Waals surface area contributed by atoms with Crippen molar-refractivity contribution < 1.29 is 13.2 Å². The van der Waals surface area contributed by atoms with E-state index in [4.69, 9.17) is 10.5 Å². The molecule has 0 saturated heterocycles. The maximum absolute atomic E-state index is 12.5. The van der Waals surface area contributed by atoms with Gasteiger partial charge in [0.15, 0.2) is 0 Å². The standard InChI is InChI=1S/C17H28N2O3S.ClH/c1-13(2)10-11-22-15-6-8-16(9-7-15)23(20,21)19-17-5-3-4-14(17)12-18;/h6-9,13-14,17,19H,3-5,10-12,18H2,1-2H3;1H. The molecule has 5 nitrogen and oxygen atoms in total. The van der Waals surface area contributed by atoms with Gasteiger partial charge >= 0.3 is 0 Å². The number of hydrogen-bond acceptors (Lipinski definition) is 4. The fraction of sp³-hybridized carbons (Fsp3) is 0.647. The Hall–Kier alpha value is -0.820. The number of nitrogens with two attached hydrogens (primary N) is 1. The first-order valence-electron chi connectivity index (χ1n) is 8.37. The summed E-state index contributed by atoms with van der Waals surface area (Å²) in [6, 6.07) is 6.57. The molecule has 1 aromatic carbocycles. The molecule has 138 valence electrons. The van der Waals surface area contributed by atoms with Crippen molar-refractivity contribution in [1.29, 1.82) is 0 Å². The van der Waals surface area contributed by atoms with Crippen molar-refractivity contribution in [2.45, 2.75) is 50.5 Å². The first kappa shape index (κ1) is 21.2. The molecule has 0 bridgehead atoms. The van der Waals surface area contributed by atoms with E-state index in [2.05, 4.69) is 18.6 Å². The molecule has 0 aromatic heterocycles. The third-order valence-corrected chi connectivity index (χ3v) is 5.87. The Morgan fingerprint density at radius 3 is 2.50 bits per heavy atom. The average Bonchev–Trinajstić information content (AvgIpc) is 2.94. The second-order valence-electron chi connectivity index (χ2n) is 6.66. The van der Waals surface area contributed by atoms with Crippen LogP contribution in [-0.2, 0) is 10.0 Å². The number of sulfonamides is 1. The lowest BCUT2D eigenvalue weighted by atomic mass is 10.1. The minimum atomic E-state index is -3.50. The fourth-order valence-electron chi connectivity index (χ4n) is 2.87. The summed E-state index contributed by atoms with van der Waals surface area (Å²) < 4.78 is 33.4. The summed E-state index contributed by atoms with van der Waals surface area (Å²) in [5.41, 5.74) is 5.72. The van der Waals surface area contributed by atoms with Gasteiger partial charge in [0.2, 0.25) is 10.0 Å². The highest BCUT2D eigenvalue weighted by atomic mass is 35.5. The third-order valence-electron chi connectivity index (χ3n) is 4.37. The number of benzene rings is 1. The van der Waals surface area contributed by atoms with E-state index in [1.54, 1.807) is 24.3 Å². The predicted octanol–water partition coefficient (Wildman–Crippen LogP) is 2.94. The molecule has 2 rings (SSSR count). The van der Waals surface area contributed by atoms with Crippen molar-refractivity contribution in [3.63, 3.8) is 0 Å². The number of ether oxygens (including phenoxy) is 1. The van der Waals surface area contributed by atoms with Gasteiger partial charge in [-0.05, 0) is 61.9 Å². The predicted molar refractivity (Wildman–Crippen MR) is 99.1 cm³/mol. The molecular formula is C17H29ClN2O3S. The largest absolute Gasteiger partial charge is 0.494 e. The first-order chi connectivity index (χ1) is 10.9. The van der Waals surface area contributed by atoms with E-state index in [-0.39, 0.29) is 29.3 Å². The Bertz CT molecular complexity index is 590. The van der Waals surface area contributed by atoms with Crippen LogP contribution in [0.25, 0.3) is 0 Å². The van der Waals surface area contributed by atoms with Crippen LogP contribution in [0.15, 0.2) is 29.2 Å². The van der Waals surface area contributed by atoms with Crippen molar-refractivity contribution in [1.82, 2.24) is 4.72 Å². The summed E-state index contributed by atoms with van der Waals surface area (Å²) in [4.78, 5) is 0.274.